The maximum absolute atomic E-state index is 13.4. The Kier molecular flexibility index (Phi) is 6.13. The van der Waals surface area contributed by atoms with Gasteiger partial charge < -0.3 is 10.6 Å². The third-order valence-electron chi connectivity index (χ3n) is 3.45. The Morgan fingerprint density at radius 1 is 1.24 bits per heavy atom. The number of halogens is 4. The highest BCUT2D eigenvalue weighted by Gasteiger charge is 2.34. The van der Waals surface area contributed by atoms with Crippen LogP contribution in [0.5, 0.6) is 0 Å². The number of hydrogen-bond acceptors (Lipinski definition) is 3. The summed E-state index contributed by atoms with van der Waals surface area (Å²) in [6.45, 7) is 2.46. The first-order chi connectivity index (χ1) is 11.8. The molecule has 0 spiro atoms. The number of rotatable bonds is 7. The fourth-order valence-corrected chi connectivity index (χ4v) is 2.16. The monoisotopic (exact) mass is 358 g/mol. The zero-order valence-electron chi connectivity index (χ0n) is 13.5. The first-order valence-electron chi connectivity index (χ1n) is 7.64. The number of hydrogen-bond donors (Lipinski definition) is 2. The van der Waals surface area contributed by atoms with Gasteiger partial charge in [-0.3, -0.25) is 9.48 Å². The lowest BCUT2D eigenvalue weighted by Crippen LogP contribution is -2.25. The lowest BCUT2D eigenvalue weighted by atomic mass is 10.3. The van der Waals surface area contributed by atoms with Crippen LogP contribution in [0, 0.1) is 12.7 Å². The van der Waals surface area contributed by atoms with E-state index in [1.54, 1.807) is 13.0 Å². The number of carbonyl (C=O) groups excluding carboxylic acids is 1. The number of nitrogens with zero attached hydrogens (tertiary/aromatic N) is 2. The summed E-state index contributed by atoms with van der Waals surface area (Å²) >= 11 is 0. The maximum atomic E-state index is 13.4. The molecule has 9 heteroatoms. The molecular formula is C16H18F4N4O. The van der Waals surface area contributed by atoms with E-state index < -0.39 is 17.7 Å². The predicted molar refractivity (Wildman–Crippen MR) is 84.5 cm³/mol. The fraction of sp³-hybridized carbons (Fsp3) is 0.375. The normalized spacial score (nSPS) is 11.6. The molecule has 2 N–H and O–H groups in total. The van der Waals surface area contributed by atoms with Crippen LogP contribution in [0.25, 0.3) is 0 Å². The van der Waals surface area contributed by atoms with Crippen LogP contribution >= 0.6 is 0 Å². The molecule has 0 fully saturated rings. The first-order valence-corrected chi connectivity index (χ1v) is 7.64. The Morgan fingerprint density at radius 2 is 1.96 bits per heavy atom. The zero-order valence-corrected chi connectivity index (χ0v) is 13.5. The van der Waals surface area contributed by atoms with Crippen LogP contribution < -0.4 is 10.6 Å². The summed E-state index contributed by atoms with van der Waals surface area (Å²) in [6, 6.07) is 6.82. The minimum atomic E-state index is -4.46. The summed E-state index contributed by atoms with van der Waals surface area (Å²) in [5.74, 6) is -0.870. The van der Waals surface area contributed by atoms with Gasteiger partial charge in [0.15, 0.2) is 5.69 Å². The number of para-hydroxylation sites is 1. The number of amides is 1. The van der Waals surface area contributed by atoms with Crippen molar-refractivity contribution >= 4 is 11.6 Å². The Morgan fingerprint density at radius 3 is 2.60 bits per heavy atom. The molecule has 1 aromatic carbocycles. The van der Waals surface area contributed by atoms with Gasteiger partial charge in [0.1, 0.15) is 5.82 Å². The highest BCUT2D eigenvalue weighted by molar-refractivity contribution is 5.90. The molecule has 2 aromatic rings. The van der Waals surface area contributed by atoms with Gasteiger partial charge in [-0.2, -0.15) is 18.3 Å². The van der Waals surface area contributed by atoms with E-state index >= 15 is 0 Å². The number of aromatic nitrogens is 2. The van der Waals surface area contributed by atoms with Crippen LogP contribution in [0.2, 0.25) is 0 Å². The standard InChI is InChI=1S/C16H18F4N4O/c1-11-10-14(16(18,19)20)23-24(11)9-8-21-7-6-15(25)22-13-5-3-2-4-12(13)17/h2-5,10,21H,6-9H2,1H3,(H,22,25). The fourth-order valence-electron chi connectivity index (χ4n) is 2.16. The van der Waals surface area contributed by atoms with Crippen molar-refractivity contribution in [2.24, 2.45) is 0 Å². The van der Waals surface area contributed by atoms with Crippen LogP contribution in [-0.4, -0.2) is 28.8 Å². The van der Waals surface area contributed by atoms with E-state index in [0.717, 1.165) is 6.07 Å². The molecule has 1 amide bonds. The average Bonchev–Trinajstić information content (AvgIpc) is 2.91. The van der Waals surface area contributed by atoms with Crippen molar-refractivity contribution in [1.82, 2.24) is 15.1 Å². The van der Waals surface area contributed by atoms with Crippen molar-refractivity contribution in [1.29, 1.82) is 0 Å². The Hall–Kier alpha value is -2.42. The zero-order chi connectivity index (χ0) is 18.4. The van der Waals surface area contributed by atoms with Gasteiger partial charge in [-0.05, 0) is 25.1 Å². The van der Waals surface area contributed by atoms with Crippen molar-refractivity contribution in [2.75, 3.05) is 18.4 Å². The molecule has 25 heavy (non-hydrogen) atoms. The Labute approximate surface area is 142 Å². The molecule has 0 aliphatic heterocycles. The van der Waals surface area contributed by atoms with Gasteiger partial charge in [-0.15, -0.1) is 0 Å². The molecular weight excluding hydrogens is 340 g/mol. The Bertz CT molecular complexity index is 727. The number of anilines is 1. The molecule has 0 saturated heterocycles. The second-order valence-corrected chi connectivity index (χ2v) is 5.42. The maximum Gasteiger partial charge on any atom is 0.435 e. The largest absolute Gasteiger partial charge is 0.435 e. The van der Waals surface area contributed by atoms with Gasteiger partial charge in [0, 0.05) is 25.2 Å². The van der Waals surface area contributed by atoms with E-state index in [-0.39, 0.29) is 24.6 Å². The molecule has 0 saturated carbocycles. The number of aryl methyl sites for hydroxylation is 1. The molecule has 0 aliphatic carbocycles. The van der Waals surface area contributed by atoms with Crippen LogP contribution in [0.15, 0.2) is 30.3 Å². The summed E-state index contributed by atoms with van der Waals surface area (Å²) < 4.78 is 52.3. The average molecular weight is 358 g/mol. The van der Waals surface area contributed by atoms with Crippen molar-refractivity contribution in [3.63, 3.8) is 0 Å². The van der Waals surface area contributed by atoms with Crippen molar-refractivity contribution in [2.45, 2.75) is 26.1 Å². The van der Waals surface area contributed by atoms with E-state index in [9.17, 15) is 22.4 Å². The SMILES string of the molecule is Cc1cc(C(F)(F)F)nn1CCNCCC(=O)Nc1ccccc1F. The third-order valence-corrected chi connectivity index (χ3v) is 3.45. The number of benzene rings is 1. The summed E-state index contributed by atoms with van der Waals surface area (Å²) in [5, 5.41) is 8.91. The molecule has 1 heterocycles. The smallest absolute Gasteiger partial charge is 0.324 e. The van der Waals surface area contributed by atoms with Crippen LogP contribution in [0.1, 0.15) is 17.8 Å². The molecule has 0 unspecified atom stereocenters. The topological polar surface area (TPSA) is 59.0 Å². The lowest BCUT2D eigenvalue weighted by molar-refractivity contribution is -0.141. The molecule has 136 valence electrons. The van der Waals surface area contributed by atoms with E-state index in [1.807, 2.05) is 0 Å². The van der Waals surface area contributed by atoms with Crippen LogP contribution in [0.4, 0.5) is 23.2 Å². The van der Waals surface area contributed by atoms with E-state index in [1.165, 1.54) is 22.9 Å². The summed E-state index contributed by atoms with van der Waals surface area (Å²) in [6.07, 6.45) is -4.35. The molecule has 0 atom stereocenters. The van der Waals surface area contributed by atoms with Crippen LogP contribution in [-0.2, 0) is 17.5 Å². The van der Waals surface area contributed by atoms with E-state index in [2.05, 4.69) is 15.7 Å². The predicted octanol–water partition coefficient (Wildman–Crippen LogP) is 2.97. The summed E-state index contributed by atoms with van der Waals surface area (Å²) in [5.41, 5.74) is -0.403. The van der Waals surface area contributed by atoms with E-state index in [0.29, 0.717) is 18.8 Å². The first kappa shape index (κ1) is 18.9. The number of nitrogens with one attached hydrogen (secondary N) is 2. The number of alkyl halides is 3. The second kappa shape index (κ2) is 8.11. The second-order valence-electron chi connectivity index (χ2n) is 5.42. The highest BCUT2D eigenvalue weighted by atomic mass is 19.4. The molecule has 5 nitrogen and oxygen atoms in total. The molecule has 0 bridgehead atoms. The lowest BCUT2D eigenvalue weighted by Gasteiger charge is -2.08. The van der Waals surface area contributed by atoms with Crippen LogP contribution in [0.3, 0.4) is 0 Å². The molecule has 1 aromatic heterocycles. The van der Waals surface area contributed by atoms with Gasteiger partial charge in [-0.1, -0.05) is 12.1 Å². The van der Waals surface area contributed by atoms with Gasteiger partial charge in [0.05, 0.1) is 12.2 Å². The highest BCUT2D eigenvalue weighted by Crippen LogP contribution is 2.28. The van der Waals surface area contributed by atoms with Gasteiger partial charge >= 0.3 is 6.18 Å². The van der Waals surface area contributed by atoms with Gasteiger partial charge in [0.25, 0.3) is 0 Å². The van der Waals surface area contributed by atoms with Gasteiger partial charge in [0.2, 0.25) is 5.91 Å². The molecule has 0 radical (unpaired) electrons. The van der Waals surface area contributed by atoms with Crippen molar-refractivity contribution < 1.29 is 22.4 Å². The molecule has 2 rings (SSSR count). The number of carbonyl (C=O) groups is 1. The van der Waals surface area contributed by atoms with Crippen molar-refractivity contribution in [3.05, 3.63) is 47.5 Å². The van der Waals surface area contributed by atoms with Gasteiger partial charge in [-0.25, -0.2) is 4.39 Å². The quantitative estimate of drug-likeness (QED) is 0.591. The van der Waals surface area contributed by atoms with E-state index in [4.69, 9.17) is 0 Å². The van der Waals surface area contributed by atoms with Crippen molar-refractivity contribution in [3.8, 4) is 0 Å². The minimum absolute atomic E-state index is 0.111. The Balaban J connectivity index is 1.71. The minimum Gasteiger partial charge on any atom is -0.324 e. The summed E-state index contributed by atoms with van der Waals surface area (Å²) in [7, 11) is 0. The molecule has 0 aliphatic rings. The third kappa shape index (κ3) is 5.56. The summed E-state index contributed by atoms with van der Waals surface area (Å²) in [4.78, 5) is 11.7.